The first-order valence-corrected chi connectivity index (χ1v) is 8.87. The van der Waals surface area contributed by atoms with Gasteiger partial charge in [-0.3, -0.25) is 4.79 Å². The van der Waals surface area contributed by atoms with Crippen molar-refractivity contribution in [2.24, 2.45) is 5.92 Å². The number of hydrogen-bond acceptors (Lipinski definition) is 4. The van der Waals surface area contributed by atoms with Crippen molar-refractivity contribution < 1.29 is 18.0 Å². The number of benzene rings is 1. The van der Waals surface area contributed by atoms with E-state index in [1.54, 1.807) is 4.90 Å². The van der Waals surface area contributed by atoms with Crippen LogP contribution in [0, 0.1) is 5.92 Å². The molecular formula is C18H18ClF3N4O. The number of alkyl halides is 3. The fourth-order valence-electron chi connectivity index (χ4n) is 3.01. The number of piperidine rings is 1. The second-order valence-corrected chi connectivity index (χ2v) is 7.01. The highest BCUT2D eigenvalue weighted by Gasteiger charge is 2.33. The Bertz CT molecular complexity index is 826. The smallest absolute Gasteiger partial charge is 0.339 e. The van der Waals surface area contributed by atoms with E-state index in [1.165, 1.54) is 18.5 Å². The van der Waals surface area contributed by atoms with Crippen LogP contribution in [0.5, 0.6) is 0 Å². The number of nitrogens with zero attached hydrogens (tertiary/aromatic N) is 3. The maximum Gasteiger partial charge on any atom is 0.417 e. The van der Waals surface area contributed by atoms with Gasteiger partial charge in [-0.1, -0.05) is 18.5 Å². The van der Waals surface area contributed by atoms with Gasteiger partial charge >= 0.3 is 6.18 Å². The van der Waals surface area contributed by atoms with Gasteiger partial charge in [0.2, 0.25) is 0 Å². The van der Waals surface area contributed by atoms with Crippen molar-refractivity contribution in [3.63, 3.8) is 0 Å². The molecule has 1 aromatic carbocycles. The molecule has 3 rings (SSSR count). The first kappa shape index (κ1) is 19.4. The summed E-state index contributed by atoms with van der Waals surface area (Å²) in [5, 5.41) is 2.36. The van der Waals surface area contributed by atoms with Crippen LogP contribution in [-0.4, -0.2) is 33.9 Å². The van der Waals surface area contributed by atoms with E-state index in [0.717, 1.165) is 25.0 Å². The van der Waals surface area contributed by atoms with Gasteiger partial charge in [-0.25, -0.2) is 9.97 Å². The highest BCUT2D eigenvalue weighted by Crippen LogP contribution is 2.36. The van der Waals surface area contributed by atoms with Gasteiger partial charge in [-0.05, 0) is 37.0 Å². The first-order valence-electron chi connectivity index (χ1n) is 8.49. The number of carbonyl (C=O) groups is 1. The number of hydrogen-bond donors (Lipinski definition) is 1. The Kier molecular flexibility index (Phi) is 5.55. The summed E-state index contributed by atoms with van der Waals surface area (Å²) in [7, 11) is 0. The van der Waals surface area contributed by atoms with E-state index >= 15 is 0 Å². The second-order valence-electron chi connectivity index (χ2n) is 6.60. The van der Waals surface area contributed by atoms with Crippen LogP contribution < -0.4 is 5.32 Å². The van der Waals surface area contributed by atoms with Crippen LogP contribution in [0.15, 0.2) is 30.6 Å². The summed E-state index contributed by atoms with van der Waals surface area (Å²) in [4.78, 5) is 22.4. The lowest BCUT2D eigenvalue weighted by molar-refractivity contribution is -0.137. The fraction of sp³-hybridized carbons (Fsp3) is 0.389. The van der Waals surface area contributed by atoms with Crippen molar-refractivity contribution in [3.8, 4) is 0 Å². The molecule has 0 spiro atoms. The van der Waals surface area contributed by atoms with E-state index in [1.807, 2.05) is 0 Å². The van der Waals surface area contributed by atoms with E-state index < -0.39 is 11.7 Å². The number of rotatable bonds is 3. The van der Waals surface area contributed by atoms with Crippen molar-refractivity contribution >= 4 is 29.0 Å². The first-order chi connectivity index (χ1) is 12.7. The average molecular weight is 399 g/mol. The monoisotopic (exact) mass is 398 g/mol. The van der Waals surface area contributed by atoms with Crippen LogP contribution in [0.25, 0.3) is 0 Å². The minimum atomic E-state index is -4.55. The lowest BCUT2D eigenvalue weighted by Gasteiger charge is -2.30. The van der Waals surface area contributed by atoms with Crippen molar-refractivity contribution in [1.29, 1.82) is 0 Å². The standard InChI is InChI=1S/C18H18ClF3N4O/c1-11-3-2-6-26(10-11)17(27)15-8-24-16(9-23-15)25-12-4-5-14(19)13(7-12)18(20,21)22/h4-5,7-9,11H,2-3,6,10H2,1H3,(H,24,25). The lowest BCUT2D eigenvalue weighted by Crippen LogP contribution is -2.39. The predicted molar refractivity (Wildman–Crippen MR) is 96.1 cm³/mol. The van der Waals surface area contributed by atoms with Crippen LogP contribution in [0.4, 0.5) is 24.7 Å². The Balaban J connectivity index is 1.72. The molecule has 0 radical (unpaired) electrons. The van der Waals surface area contributed by atoms with E-state index in [9.17, 15) is 18.0 Å². The SMILES string of the molecule is CC1CCCN(C(=O)c2cnc(Nc3ccc(Cl)c(C(F)(F)F)c3)cn2)C1. The summed E-state index contributed by atoms with van der Waals surface area (Å²) in [6.07, 6.45) is 0.146. The van der Waals surface area contributed by atoms with Gasteiger partial charge in [0.25, 0.3) is 5.91 Å². The highest BCUT2D eigenvalue weighted by molar-refractivity contribution is 6.31. The molecule has 1 atom stereocenters. The van der Waals surface area contributed by atoms with Crippen molar-refractivity contribution in [2.45, 2.75) is 25.9 Å². The molecule has 1 N–H and O–H groups in total. The zero-order valence-corrected chi connectivity index (χ0v) is 15.3. The Morgan fingerprint density at radius 3 is 2.70 bits per heavy atom. The molecule has 1 saturated heterocycles. The molecule has 0 saturated carbocycles. The normalized spacial score (nSPS) is 17.7. The van der Waals surface area contributed by atoms with Gasteiger partial charge < -0.3 is 10.2 Å². The predicted octanol–water partition coefficient (Wildman–Crippen LogP) is 4.76. The fourth-order valence-corrected chi connectivity index (χ4v) is 3.23. The topological polar surface area (TPSA) is 58.1 Å². The van der Waals surface area contributed by atoms with E-state index in [0.29, 0.717) is 19.0 Å². The molecule has 1 amide bonds. The minimum Gasteiger partial charge on any atom is -0.339 e. The van der Waals surface area contributed by atoms with E-state index in [4.69, 9.17) is 11.6 Å². The summed E-state index contributed by atoms with van der Waals surface area (Å²) in [6.45, 7) is 3.47. The van der Waals surface area contributed by atoms with Gasteiger partial charge in [-0.15, -0.1) is 0 Å². The number of anilines is 2. The largest absolute Gasteiger partial charge is 0.417 e. The summed E-state index contributed by atoms with van der Waals surface area (Å²) in [5.74, 6) is 0.491. The molecule has 0 aliphatic carbocycles. The maximum absolute atomic E-state index is 12.9. The highest BCUT2D eigenvalue weighted by atomic mass is 35.5. The number of amides is 1. The molecule has 1 aliphatic rings. The second kappa shape index (κ2) is 7.72. The van der Waals surface area contributed by atoms with Crippen LogP contribution >= 0.6 is 11.6 Å². The number of carbonyl (C=O) groups excluding carboxylic acids is 1. The minimum absolute atomic E-state index is 0.171. The van der Waals surface area contributed by atoms with Gasteiger partial charge in [-0.2, -0.15) is 13.2 Å². The summed E-state index contributed by atoms with van der Waals surface area (Å²) in [6, 6.07) is 3.47. The third kappa shape index (κ3) is 4.68. The van der Waals surface area contributed by atoms with Crippen molar-refractivity contribution in [2.75, 3.05) is 18.4 Å². The Hall–Kier alpha value is -2.35. The quantitative estimate of drug-likeness (QED) is 0.809. The molecular weight excluding hydrogens is 381 g/mol. The number of likely N-dealkylation sites (tertiary alicyclic amines) is 1. The number of aromatic nitrogens is 2. The zero-order valence-electron chi connectivity index (χ0n) is 14.6. The molecule has 1 aliphatic heterocycles. The number of halogens is 4. The van der Waals surface area contributed by atoms with Gasteiger partial charge in [0, 0.05) is 18.8 Å². The third-order valence-electron chi connectivity index (χ3n) is 4.36. The van der Waals surface area contributed by atoms with E-state index in [2.05, 4.69) is 22.2 Å². The Labute approximate surface area is 159 Å². The van der Waals surface area contributed by atoms with Crippen molar-refractivity contribution in [3.05, 3.63) is 46.9 Å². The Morgan fingerprint density at radius 1 is 1.30 bits per heavy atom. The number of nitrogens with one attached hydrogen (secondary N) is 1. The molecule has 2 heterocycles. The average Bonchev–Trinajstić information content (AvgIpc) is 2.62. The van der Waals surface area contributed by atoms with Crippen LogP contribution in [0.1, 0.15) is 35.8 Å². The molecule has 144 valence electrons. The van der Waals surface area contributed by atoms with Crippen LogP contribution in [0.2, 0.25) is 5.02 Å². The van der Waals surface area contributed by atoms with Crippen LogP contribution in [-0.2, 0) is 6.18 Å². The molecule has 0 bridgehead atoms. The lowest BCUT2D eigenvalue weighted by atomic mass is 10.0. The summed E-state index contributed by atoms with van der Waals surface area (Å²) >= 11 is 5.61. The molecule has 2 aromatic rings. The molecule has 1 unspecified atom stereocenters. The van der Waals surface area contributed by atoms with Gasteiger partial charge in [0.1, 0.15) is 11.5 Å². The maximum atomic E-state index is 12.9. The third-order valence-corrected chi connectivity index (χ3v) is 4.69. The molecule has 9 heteroatoms. The molecule has 5 nitrogen and oxygen atoms in total. The van der Waals surface area contributed by atoms with Gasteiger partial charge in [0.05, 0.1) is 23.0 Å². The van der Waals surface area contributed by atoms with E-state index in [-0.39, 0.29) is 28.1 Å². The zero-order chi connectivity index (χ0) is 19.6. The summed E-state index contributed by atoms with van der Waals surface area (Å²) < 4.78 is 38.8. The Morgan fingerprint density at radius 2 is 2.07 bits per heavy atom. The molecule has 27 heavy (non-hydrogen) atoms. The molecule has 1 aromatic heterocycles. The van der Waals surface area contributed by atoms with Gasteiger partial charge in [0.15, 0.2) is 0 Å². The van der Waals surface area contributed by atoms with Crippen molar-refractivity contribution in [1.82, 2.24) is 14.9 Å². The summed E-state index contributed by atoms with van der Waals surface area (Å²) in [5.41, 5.74) is -0.556. The van der Waals surface area contributed by atoms with Crippen LogP contribution in [0.3, 0.4) is 0 Å². The molecule has 1 fully saturated rings.